The molecule has 24 heavy (non-hydrogen) atoms. The molecule has 0 saturated heterocycles. The maximum atomic E-state index is 12.8. The zero-order chi connectivity index (χ0) is 17.4. The van der Waals surface area contributed by atoms with Crippen molar-refractivity contribution in [3.8, 4) is 5.75 Å². The first-order chi connectivity index (χ1) is 11.5. The van der Waals surface area contributed by atoms with Crippen LogP contribution in [-0.2, 0) is 17.6 Å². The van der Waals surface area contributed by atoms with E-state index in [2.05, 4.69) is 11.4 Å². The second-order valence-corrected chi connectivity index (χ2v) is 6.07. The number of halogens is 1. The zero-order valence-electron chi connectivity index (χ0n) is 14.2. The van der Waals surface area contributed by atoms with Gasteiger partial charge in [-0.15, -0.1) is 0 Å². The molecule has 0 aliphatic carbocycles. The number of ether oxygens (including phenoxy) is 1. The van der Waals surface area contributed by atoms with Crippen LogP contribution in [0.2, 0.25) is 0 Å². The lowest BCUT2D eigenvalue weighted by Crippen LogP contribution is -2.26. The lowest BCUT2D eigenvalue weighted by Gasteiger charge is -2.11. The predicted octanol–water partition coefficient (Wildman–Crippen LogP) is 3.90. The fourth-order valence-corrected chi connectivity index (χ4v) is 2.42. The summed E-state index contributed by atoms with van der Waals surface area (Å²) in [5.74, 6) is 0.546. The van der Waals surface area contributed by atoms with Crippen molar-refractivity contribution >= 4 is 5.91 Å². The molecule has 0 aliphatic heterocycles. The van der Waals surface area contributed by atoms with Gasteiger partial charge < -0.3 is 10.1 Å². The second kappa shape index (κ2) is 9.06. The second-order valence-electron chi connectivity index (χ2n) is 6.07. The van der Waals surface area contributed by atoms with Crippen LogP contribution < -0.4 is 10.1 Å². The van der Waals surface area contributed by atoms with Crippen LogP contribution in [-0.4, -0.2) is 18.6 Å². The molecule has 0 spiro atoms. The van der Waals surface area contributed by atoms with Crippen LogP contribution in [0.4, 0.5) is 4.39 Å². The van der Waals surface area contributed by atoms with Gasteiger partial charge in [0, 0.05) is 6.54 Å². The van der Waals surface area contributed by atoms with Gasteiger partial charge in [-0.05, 0) is 62.1 Å². The van der Waals surface area contributed by atoms with Gasteiger partial charge in [-0.25, -0.2) is 4.39 Å². The van der Waals surface area contributed by atoms with Crippen molar-refractivity contribution in [1.29, 1.82) is 0 Å². The third kappa shape index (κ3) is 6.41. The Labute approximate surface area is 142 Å². The van der Waals surface area contributed by atoms with E-state index in [9.17, 15) is 9.18 Å². The Morgan fingerprint density at radius 3 is 2.58 bits per heavy atom. The van der Waals surface area contributed by atoms with E-state index in [0.29, 0.717) is 6.54 Å². The van der Waals surface area contributed by atoms with E-state index in [0.717, 1.165) is 24.2 Å². The van der Waals surface area contributed by atoms with Gasteiger partial charge in [0.25, 0.3) is 0 Å². The van der Waals surface area contributed by atoms with Gasteiger partial charge in [0.05, 0.1) is 12.5 Å². The summed E-state index contributed by atoms with van der Waals surface area (Å²) in [5.41, 5.74) is 2.01. The Bertz CT molecular complexity index is 653. The minimum absolute atomic E-state index is 0.0431. The van der Waals surface area contributed by atoms with E-state index in [1.165, 1.54) is 17.7 Å². The van der Waals surface area contributed by atoms with E-state index in [1.807, 2.05) is 32.0 Å². The maximum Gasteiger partial charge on any atom is 0.224 e. The van der Waals surface area contributed by atoms with Gasteiger partial charge in [-0.2, -0.15) is 0 Å². The minimum atomic E-state index is -0.289. The van der Waals surface area contributed by atoms with E-state index < -0.39 is 0 Å². The molecule has 0 unspecified atom stereocenters. The number of rotatable bonds is 8. The molecule has 1 amide bonds. The number of amides is 1. The molecule has 0 bridgehead atoms. The highest BCUT2D eigenvalue weighted by molar-refractivity contribution is 5.78. The van der Waals surface area contributed by atoms with Crippen LogP contribution >= 0.6 is 0 Å². The number of carbonyl (C=O) groups excluding carboxylic acids is 1. The van der Waals surface area contributed by atoms with Crippen molar-refractivity contribution < 1.29 is 13.9 Å². The van der Waals surface area contributed by atoms with E-state index >= 15 is 0 Å². The van der Waals surface area contributed by atoms with Crippen molar-refractivity contribution in [2.24, 2.45) is 0 Å². The first-order valence-electron chi connectivity index (χ1n) is 8.29. The van der Waals surface area contributed by atoms with Gasteiger partial charge in [0.2, 0.25) is 5.91 Å². The van der Waals surface area contributed by atoms with Crippen LogP contribution in [0.1, 0.15) is 31.4 Å². The van der Waals surface area contributed by atoms with Gasteiger partial charge in [0.1, 0.15) is 11.6 Å². The summed E-state index contributed by atoms with van der Waals surface area (Å²) in [7, 11) is 0. The van der Waals surface area contributed by atoms with Crippen molar-refractivity contribution in [1.82, 2.24) is 5.32 Å². The normalized spacial score (nSPS) is 10.7. The largest absolute Gasteiger partial charge is 0.491 e. The lowest BCUT2D eigenvalue weighted by atomic mass is 10.1. The summed E-state index contributed by atoms with van der Waals surface area (Å²) in [5, 5.41) is 2.90. The van der Waals surface area contributed by atoms with Crippen molar-refractivity contribution in [2.45, 2.75) is 39.2 Å². The standard InChI is InChI=1S/C20H24FNO2/c1-15(2)24-19-7-3-5-16(13-19)6-4-12-22-20(23)14-17-8-10-18(21)11-9-17/h3,5,7-11,13,15H,4,6,12,14H2,1-2H3,(H,22,23). The van der Waals surface area contributed by atoms with Gasteiger partial charge in [0.15, 0.2) is 0 Å². The predicted molar refractivity (Wildman–Crippen MR) is 93.6 cm³/mol. The van der Waals surface area contributed by atoms with Crippen LogP contribution in [0, 0.1) is 5.82 Å². The number of hydrogen-bond donors (Lipinski definition) is 1. The van der Waals surface area contributed by atoms with E-state index in [4.69, 9.17) is 4.74 Å². The molecule has 2 rings (SSSR count). The fraction of sp³-hybridized carbons (Fsp3) is 0.350. The monoisotopic (exact) mass is 329 g/mol. The average molecular weight is 329 g/mol. The van der Waals surface area contributed by atoms with Crippen molar-refractivity contribution in [2.75, 3.05) is 6.54 Å². The molecule has 0 aromatic heterocycles. The molecule has 1 N–H and O–H groups in total. The van der Waals surface area contributed by atoms with E-state index in [-0.39, 0.29) is 24.2 Å². The highest BCUT2D eigenvalue weighted by Gasteiger charge is 2.04. The van der Waals surface area contributed by atoms with Crippen LogP contribution in [0.15, 0.2) is 48.5 Å². The molecule has 2 aromatic carbocycles. The molecule has 0 aliphatic rings. The summed E-state index contributed by atoms with van der Waals surface area (Å²) in [6.07, 6.45) is 2.18. The highest BCUT2D eigenvalue weighted by Crippen LogP contribution is 2.16. The highest BCUT2D eigenvalue weighted by atomic mass is 19.1. The number of aryl methyl sites for hydroxylation is 1. The van der Waals surface area contributed by atoms with Gasteiger partial charge in [-0.1, -0.05) is 24.3 Å². The summed E-state index contributed by atoms with van der Waals surface area (Å²) in [6, 6.07) is 14.1. The fourth-order valence-electron chi connectivity index (χ4n) is 2.42. The lowest BCUT2D eigenvalue weighted by molar-refractivity contribution is -0.120. The molecule has 128 valence electrons. The molecule has 0 heterocycles. The number of nitrogens with one attached hydrogen (secondary N) is 1. The van der Waals surface area contributed by atoms with Crippen LogP contribution in [0.5, 0.6) is 5.75 Å². The molecule has 0 radical (unpaired) electrons. The SMILES string of the molecule is CC(C)Oc1cccc(CCCNC(=O)Cc2ccc(F)cc2)c1. The first kappa shape index (κ1) is 18.0. The van der Waals surface area contributed by atoms with Crippen molar-refractivity contribution in [3.63, 3.8) is 0 Å². The Balaban J connectivity index is 1.70. The smallest absolute Gasteiger partial charge is 0.224 e. The Morgan fingerprint density at radius 1 is 1.12 bits per heavy atom. The first-order valence-corrected chi connectivity index (χ1v) is 8.29. The molecule has 3 nitrogen and oxygen atoms in total. The van der Waals surface area contributed by atoms with Crippen molar-refractivity contribution in [3.05, 3.63) is 65.5 Å². The number of carbonyl (C=O) groups is 1. The van der Waals surface area contributed by atoms with E-state index in [1.54, 1.807) is 12.1 Å². The van der Waals surface area contributed by atoms with Crippen LogP contribution in [0.3, 0.4) is 0 Å². The molecule has 0 atom stereocenters. The Hall–Kier alpha value is -2.36. The molecule has 4 heteroatoms. The summed E-state index contributed by atoms with van der Waals surface area (Å²) < 4.78 is 18.5. The molecular weight excluding hydrogens is 305 g/mol. The molecular formula is C20H24FNO2. The van der Waals surface area contributed by atoms with Crippen LogP contribution in [0.25, 0.3) is 0 Å². The average Bonchev–Trinajstić information content (AvgIpc) is 2.53. The minimum Gasteiger partial charge on any atom is -0.491 e. The summed E-state index contributed by atoms with van der Waals surface area (Å²) in [6.45, 7) is 4.63. The Kier molecular flexibility index (Phi) is 6.79. The summed E-state index contributed by atoms with van der Waals surface area (Å²) in [4.78, 5) is 11.9. The Morgan fingerprint density at radius 2 is 1.88 bits per heavy atom. The maximum absolute atomic E-state index is 12.8. The summed E-state index contributed by atoms with van der Waals surface area (Å²) >= 11 is 0. The third-order valence-corrected chi connectivity index (χ3v) is 3.51. The zero-order valence-corrected chi connectivity index (χ0v) is 14.2. The third-order valence-electron chi connectivity index (χ3n) is 3.51. The number of hydrogen-bond acceptors (Lipinski definition) is 2. The molecule has 2 aromatic rings. The quantitative estimate of drug-likeness (QED) is 0.746. The van der Waals surface area contributed by atoms with Gasteiger partial charge in [-0.3, -0.25) is 4.79 Å². The molecule has 0 fully saturated rings. The molecule has 0 saturated carbocycles. The number of benzene rings is 2. The van der Waals surface area contributed by atoms with Gasteiger partial charge >= 0.3 is 0 Å². The topological polar surface area (TPSA) is 38.3 Å².